The molecule has 0 bridgehead atoms. The molecule has 1 aliphatic rings. The first-order valence-electron chi connectivity index (χ1n) is 4.19. The Kier molecular flexibility index (Phi) is 5.29. The summed E-state index contributed by atoms with van der Waals surface area (Å²) in [6.07, 6.45) is 1.36. The van der Waals surface area contributed by atoms with Crippen LogP contribution in [0, 0.1) is 0 Å². The molecule has 0 saturated carbocycles. The van der Waals surface area contributed by atoms with E-state index in [0.717, 1.165) is 12.8 Å². The average Bonchev–Trinajstić information content (AvgIpc) is 2.04. The Morgan fingerprint density at radius 2 is 2.08 bits per heavy atom. The second-order valence-electron chi connectivity index (χ2n) is 3.39. The van der Waals surface area contributed by atoms with Crippen LogP contribution >= 0.6 is 12.4 Å². The first kappa shape index (κ1) is 12.7. The van der Waals surface area contributed by atoms with Gasteiger partial charge in [-0.3, -0.25) is 4.79 Å². The zero-order chi connectivity index (χ0) is 9.14. The Bertz CT molecular complexity index is 168. The van der Waals surface area contributed by atoms with E-state index < -0.39 is 0 Å². The van der Waals surface area contributed by atoms with Crippen molar-refractivity contribution >= 4 is 18.3 Å². The van der Waals surface area contributed by atoms with Gasteiger partial charge in [-0.1, -0.05) is 0 Å². The first-order chi connectivity index (χ1) is 5.61. The van der Waals surface area contributed by atoms with Crippen LogP contribution in [0.2, 0.25) is 0 Å². The van der Waals surface area contributed by atoms with Crippen LogP contribution in [-0.4, -0.2) is 43.7 Å². The summed E-state index contributed by atoms with van der Waals surface area (Å²) in [5.41, 5.74) is 5.62. The van der Waals surface area contributed by atoms with Crippen molar-refractivity contribution in [1.82, 2.24) is 4.90 Å². The van der Waals surface area contributed by atoms with E-state index in [9.17, 15) is 4.79 Å². The smallest absolute Gasteiger partial charge is 0.251 e. The molecule has 1 amide bonds. The number of hydrogen-bond acceptors (Lipinski definition) is 3. The van der Waals surface area contributed by atoms with Gasteiger partial charge in [-0.25, -0.2) is 0 Å². The molecule has 0 aliphatic carbocycles. The third kappa shape index (κ3) is 3.50. The van der Waals surface area contributed by atoms with Gasteiger partial charge in [-0.05, 0) is 12.8 Å². The second kappa shape index (κ2) is 5.42. The number of amides is 1. The lowest BCUT2D eigenvalue weighted by atomic mass is 10.1. The molecular formula is C8H17ClN2O2. The number of nitrogens with two attached hydrogens (primary N) is 1. The number of rotatable bonds is 1. The molecule has 78 valence electrons. The number of likely N-dealkylation sites (N-methyl/N-ethyl adjacent to an activating group) is 1. The predicted octanol–water partition coefficient (Wildman–Crippen LogP) is 0.00270. The summed E-state index contributed by atoms with van der Waals surface area (Å²) in [6.45, 7) is 0.504. The molecule has 0 aromatic carbocycles. The largest absolute Gasteiger partial charge is 0.367 e. The van der Waals surface area contributed by atoms with Gasteiger partial charge in [0.05, 0.1) is 6.61 Å². The third-order valence-electron chi connectivity index (χ3n) is 2.03. The van der Waals surface area contributed by atoms with E-state index in [-0.39, 0.29) is 30.5 Å². The molecular weight excluding hydrogens is 192 g/mol. The molecule has 0 aromatic rings. The van der Waals surface area contributed by atoms with Crippen molar-refractivity contribution in [2.24, 2.45) is 5.73 Å². The fourth-order valence-electron chi connectivity index (χ4n) is 1.25. The van der Waals surface area contributed by atoms with Crippen molar-refractivity contribution in [3.8, 4) is 0 Å². The maximum absolute atomic E-state index is 11.4. The summed E-state index contributed by atoms with van der Waals surface area (Å²) >= 11 is 0. The molecule has 0 aromatic heterocycles. The first-order valence-corrected chi connectivity index (χ1v) is 4.19. The molecule has 0 radical (unpaired) electrons. The van der Waals surface area contributed by atoms with E-state index in [0.29, 0.717) is 6.61 Å². The molecule has 4 nitrogen and oxygen atoms in total. The number of carbonyl (C=O) groups is 1. The molecule has 1 rings (SSSR count). The summed E-state index contributed by atoms with van der Waals surface area (Å²) in [5.74, 6) is 0.0434. The van der Waals surface area contributed by atoms with Gasteiger partial charge in [0, 0.05) is 20.1 Å². The number of ether oxygens (including phenoxy) is 1. The normalized spacial score (nSPS) is 27.6. The van der Waals surface area contributed by atoms with Gasteiger partial charge in [0.2, 0.25) is 0 Å². The molecule has 5 heteroatoms. The van der Waals surface area contributed by atoms with Gasteiger partial charge in [-0.2, -0.15) is 0 Å². The van der Waals surface area contributed by atoms with Gasteiger partial charge >= 0.3 is 0 Å². The number of nitrogens with zero attached hydrogens (tertiary/aromatic N) is 1. The zero-order valence-corrected chi connectivity index (χ0v) is 8.84. The Morgan fingerprint density at radius 3 is 2.46 bits per heavy atom. The summed E-state index contributed by atoms with van der Waals surface area (Å²) in [6, 6.07) is 0.108. The lowest BCUT2D eigenvalue weighted by molar-refractivity contribution is -0.144. The van der Waals surface area contributed by atoms with Crippen LogP contribution in [0.1, 0.15) is 12.8 Å². The molecule has 1 aliphatic heterocycles. The minimum absolute atomic E-state index is 0. The van der Waals surface area contributed by atoms with Gasteiger partial charge in [0.1, 0.15) is 6.10 Å². The van der Waals surface area contributed by atoms with Gasteiger partial charge < -0.3 is 15.4 Å². The summed E-state index contributed by atoms with van der Waals surface area (Å²) in [4.78, 5) is 12.9. The molecule has 1 heterocycles. The molecule has 2 unspecified atom stereocenters. The SMILES string of the molecule is CN(C)C(=O)C1CCC(N)CO1.Cl. The lowest BCUT2D eigenvalue weighted by Gasteiger charge is -2.27. The third-order valence-corrected chi connectivity index (χ3v) is 2.03. The van der Waals surface area contributed by atoms with E-state index in [1.54, 1.807) is 19.0 Å². The fourth-order valence-corrected chi connectivity index (χ4v) is 1.25. The summed E-state index contributed by atoms with van der Waals surface area (Å²) < 4.78 is 5.30. The highest BCUT2D eigenvalue weighted by Crippen LogP contribution is 2.13. The fraction of sp³-hybridized carbons (Fsp3) is 0.875. The Morgan fingerprint density at radius 1 is 1.46 bits per heavy atom. The van der Waals surface area contributed by atoms with E-state index in [1.165, 1.54) is 0 Å². The molecule has 2 atom stereocenters. The highest BCUT2D eigenvalue weighted by atomic mass is 35.5. The zero-order valence-electron chi connectivity index (χ0n) is 8.03. The maximum Gasteiger partial charge on any atom is 0.251 e. The van der Waals surface area contributed by atoms with Crippen molar-refractivity contribution in [3.63, 3.8) is 0 Å². The standard InChI is InChI=1S/C8H16N2O2.ClH/c1-10(2)8(11)7-4-3-6(9)5-12-7;/h6-7H,3-5,9H2,1-2H3;1H. The Balaban J connectivity index is 0.00000144. The molecule has 2 N–H and O–H groups in total. The monoisotopic (exact) mass is 208 g/mol. The van der Waals surface area contributed by atoms with Gasteiger partial charge in [0.25, 0.3) is 5.91 Å². The number of halogens is 1. The molecule has 13 heavy (non-hydrogen) atoms. The van der Waals surface area contributed by atoms with Crippen molar-refractivity contribution in [2.45, 2.75) is 25.0 Å². The minimum Gasteiger partial charge on any atom is -0.367 e. The van der Waals surface area contributed by atoms with Crippen LogP contribution in [0.25, 0.3) is 0 Å². The summed E-state index contributed by atoms with van der Waals surface area (Å²) in [7, 11) is 3.47. The highest BCUT2D eigenvalue weighted by Gasteiger charge is 2.26. The van der Waals surface area contributed by atoms with E-state index in [4.69, 9.17) is 10.5 Å². The Labute approximate surface area is 84.8 Å². The van der Waals surface area contributed by atoms with Crippen LogP contribution < -0.4 is 5.73 Å². The number of hydrogen-bond donors (Lipinski definition) is 1. The highest BCUT2D eigenvalue weighted by molar-refractivity contribution is 5.85. The van der Waals surface area contributed by atoms with Crippen LogP contribution in [-0.2, 0) is 9.53 Å². The number of carbonyl (C=O) groups excluding carboxylic acids is 1. The predicted molar refractivity (Wildman–Crippen MR) is 52.9 cm³/mol. The van der Waals surface area contributed by atoms with Crippen LogP contribution in [0.15, 0.2) is 0 Å². The minimum atomic E-state index is -0.264. The van der Waals surface area contributed by atoms with E-state index >= 15 is 0 Å². The molecule has 1 saturated heterocycles. The summed E-state index contributed by atoms with van der Waals surface area (Å²) in [5, 5.41) is 0. The average molecular weight is 209 g/mol. The lowest BCUT2D eigenvalue weighted by Crippen LogP contribution is -2.43. The Hall–Kier alpha value is -0.320. The second-order valence-corrected chi connectivity index (χ2v) is 3.39. The van der Waals surface area contributed by atoms with Crippen molar-refractivity contribution < 1.29 is 9.53 Å². The van der Waals surface area contributed by atoms with Crippen molar-refractivity contribution in [2.75, 3.05) is 20.7 Å². The van der Waals surface area contributed by atoms with Gasteiger partial charge in [-0.15, -0.1) is 12.4 Å². The quantitative estimate of drug-likeness (QED) is 0.660. The van der Waals surface area contributed by atoms with Crippen LogP contribution in [0.4, 0.5) is 0 Å². The van der Waals surface area contributed by atoms with Gasteiger partial charge in [0.15, 0.2) is 0 Å². The topological polar surface area (TPSA) is 55.6 Å². The maximum atomic E-state index is 11.4. The molecule has 1 fully saturated rings. The van der Waals surface area contributed by atoms with Crippen LogP contribution in [0.3, 0.4) is 0 Å². The molecule has 0 spiro atoms. The van der Waals surface area contributed by atoms with E-state index in [1.807, 2.05) is 0 Å². The van der Waals surface area contributed by atoms with E-state index in [2.05, 4.69) is 0 Å². The van der Waals surface area contributed by atoms with Crippen molar-refractivity contribution in [1.29, 1.82) is 0 Å². The van der Waals surface area contributed by atoms with Crippen LogP contribution in [0.5, 0.6) is 0 Å². The van der Waals surface area contributed by atoms with Crippen molar-refractivity contribution in [3.05, 3.63) is 0 Å².